The van der Waals surface area contributed by atoms with Crippen LogP contribution in [0.5, 0.6) is 0 Å². The van der Waals surface area contributed by atoms with Crippen molar-refractivity contribution in [1.29, 1.82) is 5.26 Å². The first-order valence-electron chi connectivity index (χ1n) is 17.6. The minimum atomic E-state index is -0.103. The molecule has 262 valence electrons. The zero-order valence-electron chi connectivity index (χ0n) is 29.2. The first kappa shape index (κ1) is 35.6. The van der Waals surface area contributed by atoms with Crippen molar-refractivity contribution in [3.8, 4) is 6.07 Å². The number of rotatable bonds is 12. The third-order valence-electron chi connectivity index (χ3n) is 10.2. The summed E-state index contributed by atoms with van der Waals surface area (Å²) in [6.45, 7) is 11.3. The number of nitrogens with zero attached hydrogens (tertiary/aromatic N) is 6. The van der Waals surface area contributed by atoms with E-state index < -0.39 is 0 Å². The molecule has 1 N–H and O–H groups in total. The monoisotopic (exact) mass is 703 g/mol. The predicted octanol–water partition coefficient (Wildman–Crippen LogP) is 6.86. The van der Waals surface area contributed by atoms with Gasteiger partial charge in [0.05, 0.1) is 34.5 Å². The Morgan fingerprint density at radius 1 is 1.06 bits per heavy atom. The summed E-state index contributed by atoms with van der Waals surface area (Å²) >= 11 is 3.12. The van der Waals surface area contributed by atoms with Crippen molar-refractivity contribution in [3.05, 3.63) is 59.4 Å². The molecule has 1 saturated carbocycles. The molecule has 1 atom stereocenters. The van der Waals surface area contributed by atoms with Gasteiger partial charge in [0.25, 0.3) is 0 Å². The highest BCUT2D eigenvalue weighted by Crippen LogP contribution is 2.44. The maximum atomic E-state index is 13.1. The van der Waals surface area contributed by atoms with Crippen LogP contribution >= 0.6 is 23.1 Å². The van der Waals surface area contributed by atoms with Gasteiger partial charge in [0.15, 0.2) is 5.13 Å². The fourth-order valence-corrected chi connectivity index (χ4v) is 8.80. The Balaban J connectivity index is 0.902. The van der Waals surface area contributed by atoms with Gasteiger partial charge in [-0.05, 0) is 81.7 Å². The number of thioether (sulfide) groups is 1. The fourth-order valence-electron chi connectivity index (χ4n) is 7.07. The average molecular weight is 704 g/mol. The SMILES string of the molecule is CN(C(=O)CC#N)C(c1ccc(CN2CCC(N3CCC(C(=O)Nc4ncc(SCc5ncc(C(C)(C)C)o5)s4)CC3)CC2)cc1)C1CC1. The normalized spacial score (nSPS) is 19.0. The van der Waals surface area contributed by atoms with Crippen LogP contribution in [0.2, 0.25) is 0 Å². The second-order valence-electron chi connectivity index (χ2n) is 14.8. The van der Waals surface area contributed by atoms with Crippen LogP contribution in [0.4, 0.5) is 5.13 Å². The maximum absolute atomic E-state index is 13.1. The van der Waals surface area contributed by atoms with Crippen LogP contribution in [0.25, 0.3) is 0 Å². The van der Waals surface area contributed by atoms with E-state index >= 15 is 0 Å². The number of nitrogens with one attached hydrogen (secondary N) is 1. The van der Waals surface area contributed by atoms with E-state index in [1.54, 1.807) is 16.7 Å². The highest BCUT2D eigenvalue weighted by molar-refractivity contribution is 8.00. The maximum Gasteiger partial charge on any atom is 0.237 e. The summed E-state index contributed by atoms with van der Waals surface area (Å²) in [6, 6.07) is 11.4. The standard InChI is InChI=1S/C37H49N7O3S2/c1-37(2,3)30-21-39-31(47-30)24-48-33-22-40-36(49-33)41-35(46)28-12-19-44(20-13-28)29-14-17-43(18-15-29)23-25-5-7-26(8-6-25)34(27-9-10-27)42(4)32(45)11-16-38/h5-8,21-22,27-29,34H,9-15,17-20,23-24H2,1-4H3,(H,40,41,46). The lowest BCUT2D eigenvalue weighted by Crippen LogP contribution is -2.48. The van der Waals surface area contributed by atoms with Crippen molar-refractivity contribution in [2.24, 2.45) is 11.8 Å². The van der Waals surface area contributed by atoms with Gasteiger partial charge >= 0.3 is 0 Å². The molecule has 10 nitrogen and oxygen atoms in total. The van der Waals surface area contributed by atoms with Crippen LogP contribution in [0, 0.1) is 23.2 Å². The van der Waals surface area contributed by atoms with Crippen molar-refractivity contribution in [3.63, 3.8) is 0 Å². The van der Waals surface area contributed by atoms with E-state index in [0.29, 0.717) is 28.7 Å². The van der Waals surface area contributed by atoms with Gasteiger partial charge in [-0.25, -0.2) is 9.97 Å². The second-order valence-corrected chi connectivity index (χ2v) is 17.1. The number of amides is 2. The Bertz CT molecular complexity index is 1610. The summed E-state index contributed by atoms with van der Waals surface area (Å²) in [5.74, 6) is 2.70. The van der Waals surface area contributed by atoms with Crippen LogP contribution in [-0.2, 0) is 27.3 Å². The summed E-state index contributed by atoms with van der Waals surface area (Å²) in [5.41, 5.74) is 2.40. The van der Waals surface area contributed by atoms with Crippen molar-refractivity contribution in [2.45, 2.75) is 99.7 Å². The number of oxazole rings is 1. The molecule has 1 aromatic carbocycles. The van der Waals surface area contributed by atoms with Gasteiger partial charge in [0.2, 0.25) is 17.7 Å². The summed E-state index contributed by atoms with van der Waals surface area (Å²) in [4.78, 5) is 41.3. The molecule has 0 radical (unpaired) electrons. The molecule has 2 saturated heterocycles. The molecule has 3 aromatic rings. The Morgan fingerprint density at radius 3 is 2.41 bits per heavy atom. The van der Waals surface area contributed by atoms with E-state index in [9.17, 15) is 9.59 Å². The van der Waals surface area contributed by atoms with Gasteiger partial charge in [-0.2, -0.15) is 5.26 Å². The van der Waals surface area contributed by atoms with E-state index in [1.165, 1.54) is 22.5 Å². The third-order valence-corrected chi connectivity index (χ3v) is 12.2. The van der Waals surface area contributed by atoms with Gasteiger partial charge in [-0.15, -0.1) is 11.8 Å². The van der Waals surface area contributed by atoms with Gasteiger partial charge in [-0.1, -0.05) is 56.4 Å². The van der Waals surface area contributed by atoms with E-state index in [0.717, 1.165) is 81.2 Å². The highest BCUT2D eigenvalue weighted by atomic mass is 32.2. The Morgan fingerprint density at radius 2 is 1.78 bits per heavy atom. The Labute approximate surface area is 298 Å². The first-order valence-corrected chi connectivity index (χ1v) is 19.4. The molecule has 1 aliphatic carbocycles. The number of piperidine rings is 2. The number of aromatic nitrogens is 2. The third kappa shape index (κ3) is 9.31. The van der Waals surface area contributed by atoms with Crippen molar-refractivity contribution in [2.75, 3.05) is 38.5 Å². The highest BCUT2D eigenvalue weighted by Gasteiger charge is 2.37. The summed E-state index contributed by atoms with van der Waals surface area (Å²) in [7, 11) is 1.83. The van der Waals surface area contributed by atoms with Gasteiger partial charge in [0, 0.05) is 31.0 Å². The summed E-state index contributed by atoms with van der Waals surface area (Å²) in [5, 5.41) is 12.7. The summed E-state index contributed by atoms with van der Waals surface area (Å²) in [6.07, 6.45) is 9.88. The van der Waals surface area contributed by atoms with E-state index in [2.05, 4.69) is 70.1 Å². The minimum absolute atomic E-state index is 0.0196. The van der Waals surface area contributed by atoms with Crippen molar-refractivity contribution in [1.82, 2.24) is 24.7 Å². The van der Waals surface area contributed by atoms with E-state index in [1.807, 2.05) is 25.5 Å². The molecule has 0 bridgehead atoms. The van der Waals surface area contributed by atoms with Crippen LogP contribution in [0.15, 0.2) is 45.3 Å². The quantitative estimate of drug-likeness (QED) is 0.202. The molecule has 6 rings (SSSR count). The lowest BCUT2D eigenvalue weighted by molar-refractivity contribution is -0.131. The molecule has 2 aromatic heterocycles. The summed E-state index contributed by atoms with van der Waals surface area (Å²) < 4.78 is 6.92. The number of hydrogen-bond donors (Lipinski definition) is 1. The minimum Gasteiger partial charge on any atom is -0.444 e. The second kappa shape index (κ2) is 15.8. The number of benzene rings is 1. The molecule has 49 heavy (non-hydrogen) atoms. The Kier molecular flexibility index (Phi) is 11.4. The van der Waals surface area contributed by atoms with Crippen molar-refractivity contribution >= 4 is 40.0 Å². The fraction of sp³-hybridized carbons (Fsp3) is 0.595. The molecular formula is C37H49N7O3S2. The van der Waals surface area contributed by atoms with E-state index in [-0.39, 0.29) is 35.6 Å². The van der Waals surface area contributed by atoms with Crippen LogP contribution in [-0.4, -0.2) is 75.8 Å². The van der Waals surface area contributed by atoms with Gasteiger partial charge < -0.3 is 19.5 Å². The number of anilines is 1. The molecule has 2 amide bonds. The molecule has 3 fully saturated rings. The van der Waals surface area contributed by atoms with Crippen LogP contribution in [0.3, 0.4) is 0 Å². The molecule has 12 heteroatoms. The Hall–Kier alpha value is -3.24. The largest absolute Gasteiger partial charge is 0.444 e. The number of carbonyl (C=O) groups is 2. The van der Waals surface area contributed by atoms with E-state index in [4.69, 9.17) is 9.68 Å². The number of thiazole rings is 1. The lowest BCUT2D eigenvalue weighted by atomic mass is 9.92. The predicted molar refractivity (Wildman–Crippen MR) is 193 cm³/mol. The topological polar surface area (TPSA) is 119 Å². The molecule has 0 spiro atoms. The zero-order chi connectivity index (χ0) is 34.5. The molecule has 1 unspecified atom stereocenters. The van der Waals surface area contributed by atoms with Gasteiger partial charge in [-0.3, -0.25) is 14.5 Å². The van der Waals surface area contributed by atoms with Gasteiger partial charge in [0.1, 0.15) is 12.2 Å². The molecular weight excluding hydrogens is 655 g/mol. The lowest BCUT2D eigenvalue weighted by Gasteiger charge is -2.41. The molecule has 3 aliphatic rings. The zero-order valence-corrected chi connectivity index (χ0v) is 30.8. The first-order chi connectivity index (χ1) is 23.6. The number of carbonyl (C=O) groups excluding carboxylic acids is 2. The number of nitriles is 1. The molecule has 4 heterocycles. The smallest absolute Gasteiger partial charge is 0.237 e. The number of likely N-dealkylation sites (tertiary alicyclic amines) is 2. The van der Waals surface area contributed by atoms with Crippen molar-refractivity contribution < 1.29 is 14.0 Å². The average Bonchev–Trinajstić information content (AvgIpc) is 3.61. The van der Waals surface area contributed by atoms with Crippen LogP contribution < -0.4 is 5.32 Å². The van der Waals surface area contributed by atoms with Crippen LogP contribution in [0.1, 0.15) is 94.5 Å². The molecule has 2 aliphatic heterocycles. The number of hydrogen-bond acceptors (Lipinski definition) is 10.